The molecule has 5 heteroatoms. The standard InChI is InChI=1S/C22H24FN3O/c1-16-4-10-20(11-5-16)26-14-18(13-25-12-2-3-21(27)15-25)22(24-26)17-6-8-19(23)9-7-17/h4-11,14,21,27H,2-3,12-13,15H2,1H3/t21-/m1/s1. The smallest absolute Gasteiger partial charge is 0.123 e. The second-order valence-electron chi connectivity index (χ2n) is 7.32. The van der Waals surface area contributed by atoms with Crippen LogP contribution in [0.1, 0.15) is 24.0 Å². The number of hydrogen-bond acceptors (Lipinski definition) is 3. The van der Waals surface area contributed by atoms with Gasteiger partial charge in [0.05, 0.1) is 17.5 Å². The predicted octanol–water partition coefficient (Wildman–Crippen LogP) is 3.94. The van der Waals surface area contributed by atoms with Crippen molar-refractivity contribution in [1.82, 2.24) is 14.7 Å². The first kappa shape index (κ1) is 17.9. The minimum atomic E-state index is -0.264. The van der Waals surface area contributed by atoms with Crippen molar-refractivity contribution in [3.05, 3.63) is 71.7 Å². The van der Waals surface area contributed by atoms with Gasteiger partial charge >= 0.3 is 0 Å². The van der Waals surface area contributed by atoms with Crippen LogP contribution in [-0.2, 0) is 6.54 Å². The minimum absolute atomic E-state index is 0.252. The van der Waals surface area contributed by atoms with Crippen molar-refractivity contribution in [3.63, 3.8) is 0 Å². The molecule has 0 amide bonds. The Kier molecular flexibility index (Phi) is 5.05. The first-order valence-electron chi connectivity index (χ1n) is 9.40. The largest absolute Gasteiger partial charge is 0.392 e. The number of likely N-dealkylation sites (tertiary alicyclic amines) is 1. The average Bonchev–Trinajstić information content (AvgIpc) is 3.07. The van der Waals surface area contributed by atoms with Gasteiger partial charge in [-0.3, -0.25) is 4.90 Å². The van der Waals surface area contributed by atoms with Crippen LogP contribution >= 0.6 is 0 Å². The molecule has 1 atom stereocenters. The zero-order chi connectivity index (χ0) is 18.8. The lowest BCUT2D eigenvalue weighted by Gasteiger charge is -2.29. The topological polar surface area (TPSA) is 41.3 Å². The summed E-state index contributed by atoms with van der Waals surface area (Å²) in [5, 5.41) is 14.8. The van der Waals surface area contributed by atoms with Crippen LogP contribution in [0.25, 0.3) is 16.9 Å². The van der Waals surface area contributed by atoms with Gasteiger partial charge in [0.2, 0.25) is 0 Å². The molecule has 0 radical (unpaired) electrons. The number of aromatic nitrogens is 2. The van der Waals surface area contributed by atoms with Gasteiger partial charge < -0.3 is 5.11 Å². The van der Waals surface area contributed by atoms with Crippen LogP contribution in [0.2, 0.25) is 0 Å². The highest BCUT2D eigenvalue weighted by molar-refractivity contribution is 5.63. The quantitative estimate of drug-likeness (QED) is 0.761. The molecule has 0 bridgehead atoms. The molecule has 2 aromatic carbocycles. The van der Waals surface area contributed by atoms with E-state index < -0.39 is 0 Å². The maximum absolute atomic E-state index is 13.4. The molecule has 140 valence electrons. The summed E-state index contributed by atoms with van der Waals surface area (Å²) in [5.74, 6) is -0.252. The van der Waals surface area contributed by atoms with Crippen LogP contribution in [0.15, 0.2) is 54.7 Å². The van der Waals surface area contributed by atoms with Gasteiger partial charge in [0, 0.05) is 30.4 Å². The lowest BCUT2D eigenvalue weighted by molar-refractivity contribution is 0.0669. The second-order valence-corrected chi connectivity index (χ2v) is 7.32. The number of β-amino-alcohol motifs (C(OH)–C–C–N with tert-alkyl or cyclic N) is 1. The zero-order valence-corrected chi connectivity index (χ0v) is 15.5. The van der Waals surface area contributed by atoms with Crippen molar-refractivity contribution >= 4 is 0 Å². The Labute approximate surface area is 158 Å². The van der Waals surface area contributed by atoms with E-state index in [0.717, 1.165) is 48.4 Å². The summed E-state index contributed by atoms with van der Waals surface area (Å²) in [7, 11) is 0. The maximum atomic E-state index is 13.4. The Morgan fingerprint density at radius 1 is 1.11 bits per heavy atom. The summed E-state index contributed by atoms with van der Waals surface area (Å²) in [6.07, 6.45) is 3.65. The summed E-state index contributed by atoms with van der Waals surface area (Å²) in [4.78, 5) is 2.26. The number of aliphatic hydroxyl groups excluding tert-OH is 1. The predicted molar refractivity (Wildman–Crippen MR) is 104 cm³/mol. The van der Waals surface area contributed by atoms with Gasteiger partial charge in [-0.15, -0.1) is 0 Å². The molecular formula is C22H24FN3O. The van der Waals surface area contributed by atoms with E-state index in [9.17, 15) is 9.50 Å². The third-order valence-electron chi connectivity index (χ3n) is 5.08. The first-order chi connectivity index (χ1) is 13.1. The van der Waals surface area contributed by atoms with Crippen LogP contribution in [0.3, 0.4) is 0 Å². The van der Waals surface area contributed by atoms with Crippen molar-refractivity contribution in [1.29, 1.82) is 0 Å². The van der Waals surface area contributed by atoms with Crippen molar-refractivity contribution in [2.45, 2.75) is 32.4 Å². The molecule has 1 N–H and O–H groups in total. The Morgan fingerprint density at radius 3 is 2.56 bits per heavy atom. The molecule has 1 aliphatic rings. The summed E-state index contributed by atoms with van der Waals surface area (Å²) >= 11 is 0. The molecule has 2 heterocycles. The molecule has 1 fully saturated rings. The molecule has 0 unspecified atom stereocenters. The van der Waals surface area contributed by atoms with E-state index in [1.807, 2.05) is 23.0 Å². The average molecular weight is 365 g/mol. The molecule has 0 saturated carbocycles. The van der Waals surface area contributed by atoms with Gasteiger partial charge in [-0.05, 0) is 62.7 Å². The Hall–Kier alpha value is -2.50. The fourth-order valence-electron chi connectivity index (χ4n) is 3.62. The van der Waals surface area contributed by atoms with Gasteiger partial charge in [0.15, 0.2) is 0 Å². The third-order valence-corrected chi connectivity index (χ3v) is 5.08. The van der Waals surface area contributed by atoms with Gasteiger partial charge in [-0.1, -0.05) is 17.7 Å². The van der Waals surface area contributed by atoms with Gasteiger partial charge in [-0.25, -0.2) is 9.07 Å². The van der Waals surface area contributed by atoms with Gasteiger partial charge in [0.1, 0.15) is 5.82 Å². The van der Waals surface area contributed by atoms with E-state index in [-0.39, 0.29) is 11.9 Å². The van der Waals surface area contributed by atoms with Crippen LogP contribution < -0.4 is 0 Å². The Bertz CT molecular complexity index is 902. The molecule has 3 aromatic rings. The maximum Gasteiger partial charge on any atom is 0.123 e. The number of rotatable bonds is 4. The number of hydrogen-bond donors (Lipinski definition) is 1. The van der Waals surface area contributed by atoms with E-state index in [4.69, 9.17) is 5.10 Å². The SMILES string of the molecule is Cc1ccc(-n2cc(CN3CCC[C@@H](O)C3)c(-c3ccc(F)cc3)n2)cc1. The fourth-order valence-corrected chi connectivity index (χ4v) is 3.62. The zero-order valence-electron chi connectivity index (χ0n) is 15.5. The molecule has 0 aliphatic carbocycles. The van der Waals surface area contributed by atoms with Crippen LogP contribution in [0.5, 0.6) is 0 Å². The van der Waals surface area contributed by atoms with E-state index in [1.165, 1.54) is 17.7 Å². The third kappa shape index (κ3) is 4.10. The van der Waals surface area contributed by atoms with Crippen molar-refractivity contribution in [3.8, 4) is 16.9 Å². The second kappa shape index (κ2) is 7.62. The Balaban J connectivity index is 1.70. The molecule has 27 heavy (non-hydrogen) atoms. The van der Waals surface area contributed by atoms with Crippen molar-refractivity contribution in [2.75, 3.05) is 13.1 Å². The van der Waals surface area contributed by atoms with Crippen LogP contribution in [0, 0.1) is 12.7 Å². The van der Waals surface area contributed by atoms with Crippen LogP contribution in [0.4, 0.5) is 4.39 Å². The lowest BCUT2D eigenvalue weighted by Crippen LogP contribution is -2.37. The number of nitrogens with zero attached hydrogens (tertiary/aromatic N) is 3. The molecule has 4 nitrogen and oxygen atoms in total. The summed E-state index contributed by atoms with van der Waals surface area (Å²) in [5.41, 5.74) is 5.03. The van der Waals surface area contributed by atoms with Crippen LogP contribution in [-0.4, -0.2) is 39.0 Å². The summed E-state index contributed by atoms with van der Waals surface area (Å²) in [6.45, 7) is 4.42. The monoisotopic (exact) mass is 365 g/mol. The normalized spacial score (nSPS) is 18.0. The van der Waals surface area contributed by atoms with E-state index >= 15 is 0 Å². The molecular weight excluding hydrogens is 341 g/mol. The van der Waals surface area contributed by atoms with Crippen molar-refractivity contribution in [2.24, 2.45) is 0 Å². The summed E-state index contributed by atoms with van der Waals surface area (Å²) in [6, 6.07) is 14.7. The highest BCUT2D eigenvalue weighted by atomic mass is 19.1. The minimum Gasteiger partial charge on any atom is -0.392 e. The Morgan fingerprint density at radius 2 is 1.85 bits per heavy atom. The lowest BCUT2D eigenvalue weighted by atomic mass is 10.1. The fraction of sp³-hybridized carbons (Fsp3) is 0.318. The van der Waals surface area contributed by atoms with E-state index in [1.54, 1.807) is 12.1 Å². The number of aliphatic hydroxyl groups is 1. The van der Waals surface area contributed by atoms with Gasteiger partial charge in [-0.2, -0.15) is 5.10 Å². The molecule has 1 aromatic heterocycles. The van der Waals surface area contributed by atoms with Crippen molar-refractivity contribution < 1.29 is 9.50 Å². The molecule has 1 aliphatic heterocycles. The highest BCUT2D eigenvalue weighted by Crippen LogP contribution is 2.26. The number of piperidine rings is 1. The molecule has 0 spiro atoms. The van der Waals surface area contributed by atoms with E-state index in [0.29, 0.717) is 6.54 Å². The molecule has 1 saturated heterocycles. The number of aryl methyl sites for hydroxylation is 1. The highest BCUT2D eigenvalue weighted by Gasteiger charge is 2.21. The summed E-state index contributed by atoms with van der Waals surface area (Å²) < 4.78 is 15.2. The molecule has 4 rings (SSSR count). The first-order valence-corrected chi connectivity index (χ1v) is 9.40. The van der Waals surface area contributed by atoms with Gasteiger partial charge in [0.25, 0.3) is 0 Å². The number of halogens is 1. The van der Waals surface area contributed by atoms with E-state index in [2.05, 4.69) is 24.0 Å². The number of benzene rings is 2.